The van der Waals surface area contributed by atoms with E-state index in [1.807, 2.05) is 12.4 Å². The highest BCUT2D eigenvalue weighted by Crippen LogP contribution is 2.71. The van der Waals surface area contributed by atoms with Crippen LogP contribution in [0.5, 0.6) is 0 Å². The zero-order valence-corrected chi connectivity index (χ0v) is 10.7. The van der Waals surface area contributed by atoms with Crippen LogP contribution in [0.2, 0.25) is 0 Å². The van der Waals surface area contributed by atoms with Crippen molar-refractivity contribution in [2.45, 2.75) is 31.1 Å². The Labute approximate surface area is 108 Å². The van der Waals surface area contributed by atoms with Gasteiger partial charge >= 0.3 is 0 Å². The fourth-order valence-corrected chi connectivity index (χ4v) is 5.27. The first-order valence-corrected chi connectivity index (χ1v) is 7.31. The van der Waals surface area contributed by atoms with Crippen LogP contribution < -0.4 is 0 Å². The molecule has 2 bridgehead atoms. The van der Waals surface area contributed by atoms with Crippen LogP contribution >= 0.6 is 11.6 Å². The smallest absolute Gasteiger partial charge is 0.0410 e. The number of halogens is 1. The SMILES string of the molecule is ClC(Cc1ccncc1)C1C2C3CCC(C3)C12. The maximum atomic E-state index is 6.65. The molecule has 3 saturated carbocycles. The maximum Gasteiger partial charge on any atom is 0.0410 e. The van der Waals surface area contributed by atoms with Gasteiger partial charge in [0.05, 0.1) is 0 Å². The van der Waals surface area contributed by atoms with Gasteiger partial charge in [-0.2, -0.15) is 0 Å². The molecular formula is C15H18ClN. The van der Waals surface area contributed by atoms with Gasteiger partial charge in [0.1, 0.15) is 0 Å². The third-order valence-corrected chi connectivity index (χ3v) is 5.84. The third kappa shape index (κ3) is 1.55. The first-order chi connectivity index (χ1) is 8.34. The third-order valence-electron chi connectivity index (χ3n) is 5.39. The van der Waals surface area contributed by atoms with Crippen LogP contribution in [0.3, 0.4) is 0 Å². The van der Waals surface area contributed by atoms with Gasteiger partial charge in [-0.25, -0.2) is 0 Å². The summed E-state index contributed by atoms with van der Waals surface area (Å²) in [6.45, 7) is 0. The second-order valence-electron chi connectivity index (χ2n) is 6.14. The van der Waals surface area contributed by atoms with Gasteiger partial charge in [-0.05, 0) is 73.0 Å². The van der Waals surface area contributed by atoms with Gasteiger partial charge in [0.2, 0.25) is 0 Å². The Kier molecular flexibility index (Phi) is 2.27. The van der Waals surface area contributed by atoms with Crippen molar-refractivity contribution in [1.82, 2.24) is 4.98 Å². The van der Waals surface area contributed by atoms with Crippen LogP contribution in [0.4, 0.5) is 0 Å². The lowest BCUT2D eigenvalue weighted by Gasteiger charge is -2.14. The highest BCUT2D eigenvalue weighted by Gasteiger charge is 2.66. The van der Waals surface area contributed by atoms with Gasteiger partial charge in [-0.3, -0.25) is 4.98 Å². The normalized spacial score (nSPS) is 43.5. The molecule has 3 aliphatic carbocycles. The van der Waals surface area contributed by atoms with Crippen molar-refractivity contribution in [1.29, 1.82) is 0 Å². The van der Waals surface area contributed by atoms with Crippen molar-refractivity contribution < 1.29 is 0 Å². The molecule has 1 heterocycles. The molecule has 2 heteroatoms. The largest absolute Gasteiger partial charge is 0.265 e. The number of nitrogens with zero attached hydrogens (tertiary/aromatic N) is 1. The van der Waals surface area contributed by atoms with Gasteiger partial charge in [0.25, 0.3) is 0 Å². The van der Waals surface area contributed by atoms with Crippen LogP contribution in [0.1, 0.15) is 24.8 Å². The fourth-order valence-electron chi connectivity index (χ4n) is 4.76. The summed E-state index contributed by atoms with van der Waals surface area (Å²) < 4.78 is 0. The van der Waals surface area contributed by atoms with Crippen molar-refractivity contribution in [3.8, 4) is 0 Å². The minimum atomic E-state index is 0.357. The average molecular weight is 248 g/mol. The number of fused-ring (bicyclic) bond motifs is 5. The van der Waals surface area contributed by atoms with E-state index in [4.69, 9.17) is 11.6 Å². The molecule has 3 fully saturated rings. The van der Waals surface area contributed by atoms with Crippen LogP contribution in [-0.4, -0.2) is 10.4 Å². The standard InChI is InChI=1S/C15H18ClN/c16-12(7-9-3-5-17-6-4-9)15-13-10-1-2-11(8-10)14(13)15/h3-6,10-15H,1-2,7-8H2. The van der Waals surface area contributed by atoms with Crippen molar-refractivity contribution in [3.63, 3.8) is 0 Å². The fraction of sp³-hybridized carbons (Fsp3) is 0.667. The van der Waals surface area contributed by atoms with E-state index >= 15 is 0 Å². The van der Waals surface area contributed by atoms with Crippen LogP contribution in [0, 0.1) is 29.6 Å². The molecule has 1 aromatic heterocycles. The monoisotopic (exact) mass is 247 g/mol. The molecule has 3 aliphatic rings. The molecule has 0 aromatic carbocycles. The Morgan fingerprint density at radius 1 is 1.18 bits per heavy atom. The molecule has 5 unspecified atom stereocenters. The van der Waals surface area contributed by atoms with Gasteiger partial charge in [-0.15, -0.1) is 11.6 Å². The summed E-state index contributed by atoms with van der Waals surface area (Å²) in [6.07, 6.45) is 9.26. The lowest BCUT2D eigenvalue weighted by molar-refractivity contribution is 0.449. The van der Waals surface area contributed by atoms with Crippen molar-refractivity contribution in [2.75, 3.05) is 0 Å². The summed E-state index contributed by atoms with van der Waals surface area (Å²) >= 11 is 6.65. The highest BCUT2D eigenvalue weighted by atomic mass is 35.5. The van der Waals surface area contributed by atoms with E-state index < -0.39 is 0 Å². The minimum absolute atomic E-state index is 0.357. The second kappa shape index (κ2) is 3.71. The van der Waals surface area contributed by atoms with Crippen LogP contribution in [0.25, 0.3) is 0 Å². The Bertz CT molecular complexity index is 402. The molecule has 0 saturated heterocycles. The number of aromatic nitrogens is 1. The van der Waals surface area contributed by atoms with E-state index in [0.29, 0.717) is 5.38 Å². The van der Waals surface area contributed by atoms with Crippen molar-refractivity contribution in [2.24, 2.45) is 29.6 Å². The molecule has 0 amide bonds. The zero-order chi connectivity index (χ0) is 11.4. The zero-order valence-electron chi connectivity index (χ0n) is 9.93. The maximum absolute atomic E-state index is 6.65. The molecular weight excluding hydrogens is 230 g/mol. The Morgan fingerprint density at radius 3 is 2.47 bits per heavy atom. The van der Waals surface area contributed by atoms with Crippen LogP contribution in [0.15, 0.2) is 24.5 Å². The van der Waals surface area contributed by atoms with E-state index in [9.17, 15) is 0 Å². The molecule has 0 spiro atoms. The lowest BCUT2D eigenvalue weighted by atomic mass is 9.97. The predicted molar refractivity (Wildman–Crippen MR) is 68.9 cm³/mol. The lowest BCUT2D eigenvalue weighted by Crippen LogP contribution is -2.13. The van der Waals surface area contributed by atoms with Crippen LogP contribution in [-0.2, 0) is 6.42 Å². The minimum Gasteiger partial charge on any atom is -0.265 e. The summed E-state index contributed by atoms with van der Waals surface area (Å²) in [5, 5.41) is 0.357. The Morgan fingerprint density at radius 2 is 1.82 bits per heavy atom. The van der Waals surface area contributed by atoms with E-state index in [1.165, 1.54) is 24.8 Å². The summed E-state index contributed by atoms with van der Waals surface area (Å²) in [5.41, 5.74) is 1.34. The number of hydrogen-bond donors (Lipinski definition) is 0. The van der Waals surface area contributed by atoms with Gasteiger partial charge in [-0.1, -0.05) is 0 Å². The Balaban J connectivity index is 1.44. The molecule has 90 valence electrons. The van der Waals surface area contributed by atoms with Gasteiger partial charge in [0.15, 0.2) is 0 Å². The van der Waals surface area contributed by atoms with Crippen molar-refractivity contribution >= 4 is 11.6 Å². The quantitative estimate of drug-likeness (QED) is 0.745. The summed E-state index contributed by atoms with van der Waals surface area (Å²) in [4.78, 5) is 4.06. The molecule has 0 aliphatic heterocycles. The van der Waals surface area contributed by atoms with Gasteiger partial charge in [0, 0.05) is 17.8 Å². The molecule has 5 atom stereocenters. The summed E-state index contributed by atoms with van der Waals surface area (Å²) in [6, 6.07) is 4.20. The number of hydrogen-bond acceptors (Lipinski definition) is 1. The highest BCUT2D eigenvalue weighted by molar-refractivity contribution is 6.21. The molecule has 1 aromatic rings. The molecule has 0 N–H and O–H groups in total. The first kappa shape index (κ1) is 10.4. The summed E-state index contributed by atoms with van der Waals surface area (Å²) in [5.74, 6) is 4.90. The van der Waals surface area contributed by atoms with Crippen molar-refractivity contribution in [3.05, 3.63) is 30.1 Å². The topological polar surface area (TPSA) is 12.9 Å². The first-order valence-electron chi connectivity index (χ1n) is 6.87. The Hall–Kier alpha value is -0.560. The van der Waals surface area contributed by atoms with E-state index in [2.05, 4.69) is 17.1 Å². The average Bonchev–Trinajstić information content (AvgIpc) is 2.80. The number of rotatable bonds is 3. The van der Waals surface area contributed by atoms with E-state index in [-0.39, 0.29) is 0 Å². The van der Waals surface area contributed by atoms with Gasteiger partial charge < -0.3 is 0 Å². The number of alkyl halides is 1. The predicted octanol–water partition coefficient (Wildman–Crippen LogP) is 3.52. The molecule has 4 rings (SSSR count). The number of pyridine rings is 1. The molecule has 0 radical (unpaired) electrons. The molecule has 17 heavy (non-hydrogen) atoms. The molecule has 1 nitrogen and oxygen atoms in total. The van der Waals surface area contributed by atoms with E-state index in [1.54, 1.807) is 0 Å². The second-order valence-corrected chi connectivity index (χ2v) is 6.70. The summed E-state index contributed by atoms with van der Waals surface area (Å²) in [7, 11) is 0. The van der Waals surface area contributed by atoms with E-state index in [0.717, 1.165) is 36.0 Å².